The minimum atomic E-state index is -0.679. The normalized spacial score (nSPS) is 15.4. The van der Waals surface area contributed by atoms with Crippen molar-refractivity contribution in [2.24, 2.45) is 5.73 Å². The zero-order valence-electron chi connectivity index (χ0n) is 18.3. The summed E-state index contributed by atoms with van der Waals surface area (Å²) in [6.45, 7) is 2.70. The number of nitrogens with two attached hydrogens (primary N) is 1. The van der Waals surface area contributed by atoms with E-state index in [1.165, 1.54) is 0 Å². The lowest BCUT2D eigenvalue weighted by molar-refractivity contribution is 0.0987. The van der Waals surface area contributed by atoms with Gasteiger partial charge in [-0.25, -0.2) is 4.79 Å². The predicted molar refractivity (Wildman–Crippen MR) is 133 cm³/mol. The molecular weight excluding hydrogens is 414 g/mol. The second kappa shape index (κ2) is 8.35. The molecule has 7 nitrogen and oxygen atoms in total. The number of primary amides is 1. The van der Waals surface area contributed by atoms with Crippen molar-refractivity contribution in [1.82, 2.24) is 4.98 Å². The highest BCUT2D eigenvalue weighted by Gasteiger charge is 2.25. The van der Waals surface area contributed by atoms with E-state index in [4.69, 9.17) is 5.73 Å². The number of aromatic amines is 1. The topological polar surface area (TPSA) is 103 Å². The Balaban J connectivity index is 1.55. The molecule has 7 heteroatoms. The fourth-order valence-electron chi connectivity index (χ4n) is 4.36. The molecule has 1 aromatic heterocycles. The maximum absolute atomic E-state index is 13.6. The quantitative estimate of drug-likeness (QED) is 0.354. The number of carbonyl (C=O) groups excluding carboxylic acids is 2. The average molecular weight is 440 g/mol. The molecule has 3 aromatic carbocycles. The van der Waals surface area contributed by atoms with Crippen molar-refractivity contribution in [3.8, 4) is 11.1 Å². The van der Waals surface area contributed by atoms with E-state index >= 15 is 0 Å². The summed E-state index contributed by atoms with van der Waals surface area (Å²) in [5.74, 6) is -0.126. The predicted octanol–water partition coefficient (Wildman–Crippen LogP) is 5.18. The third-order valence-corrected chi connectivity index (χ3v) is 6.02. The fraction of sp³-hybridized carbons (Fsp3) is 0.154. The summed E-state index contributed by atoms with van der Waals surface area (Å²) >= 11 is 0. The monoisotopic (exact) mass is 439 g/mol. The second-order valence-electron chi connectivity index (χ2n) is 8.34. The molecule has 2 heterocycles. The smallest absolute Gasteiger partial charge is 0.316 e. The van der Waals surface area contributed by atoms with E-state index in [-0.39, 0.29) is 11.9 Å². The van der Waals surface area contributed by atoms with Crippen LogP contribution in [0.5, 0.6) is 0 Å². The Labute approximate surface area is 191 Å². The van der Waals surface area contributed by atoms with E-state index in [9.17, 15) is 9.59 Å². The first-order valence-corrected chi connectivity index (χ1v) is 10.9. The number of fused-ring (bicyclic) bond motifs is 2. The van der Waals surface area contributed by atoms with E-state index < -0.39 is 6.03 Å². The highest BCUT2D eigenvalue weighted by molar-refractivity contribution is 6.09. The van der Waals surface area contributed by atoms with E-state index in [2.05, 4.69) is 22.5 Å². The molecule has 5 rings (SSSR count). The molecule has 0 aliphatic carbocycles. The molecule has 1 unspecified atom stereocenters. The molecule has 3 amide bonds. The number of urea groups is 1. The number of carbonyl (C=O) groups is 2. The molecule has 1 atom stereocenters. The number of nitrogens with zero attached hydrogens (tertiary/aromatic N) is 1. The van der Waals surface area contributed by atoms with Crippen LogP contribution >= 0.6 is 0 Å². The van der Waals surface area contributed by atoms with Crippen LogP contribution in [0, 0.1) is 0 Å². The molecule has 1 aliphatic heterocycles. The zero-order chi connectivity index (χ0) is 22.9. The Morgan fingerprint density at radius 2 is 1.91 bits per heavy atom. The van der Waals surface area contributed by atoms with Crippen molar-refractivity contribution in [2.75, 3.05) is 22.1 Å². The number of aromatic nitrogens is 1. The van der Waals surface area contributed by atoms with Gasteiger partial charge in [0, 0.05) is 35.4 Å². The average Bonchev–Trinajstić information content (AvgIpc) is 3.20. The van der Waals surface area contributed by atoms with Crippen LogP contribution in [0.15, 0.2) is 72.9 Å². The van der Waals surface area contributed by atoms with E-state index in [1.54, 1.807) is 17.0 Å². The molecule has 4 aromatic rings. The van der Waals surface area contributed by atoms with Gasteiger partial charge in [-0.05, 0) is 66.8 Å². The number of amides is 3. The standard InChI is InChI=1S/C26H25N5O2/c1-16-11-13-31(24-5-3-2-4-22(24)29-16)25(32)19-6-8-20(23(15-19)30-26(27)33)17-7-9-21-18(14-17)10-12-28-21/h2-10,12,14-16,28-29H,11,13H2,1H3,(H3,27,30,33). The molecule has 33 heavy (non-hydrogen) atoms. The van der Waals surface area contributed by atoms with Crippen molar-refractivity contribution >= 4 is 39.9 Å². The lowest BCUT2D eigenvalue weighted by atomic mass is 9.99. The zero-order valence-corrected chi connectivity index (χ0v) is 18.3. The van der Waals surface area contributed by atoms with E-state index in [0.29, 0.717) is 17.8 Å². The first-order valence-electron chi connectivity index (χ1n) is 10.9. The molecule has 166 valence electrons. The van der Waals surface area contributed by atoms with E-state index in [0.717, 1.165) is 39.8 Å². The summed E-state index contributed by atoms with van der Waals surface area (Å²) in [6, 6.07) is 20.7. The van der Waals surface area contributed by atoms with Crippen LogP contribution in [0.1, 0.15) is 23.7 Å². The van der Waals surface area contributed by atoms with Crippen LogP contribution in [0.25, 0.3) is 22.0 Å². The van der Waals surface area contributed by atoms with Crippen molar-refractivity contribution in [3.05, 3.63) is 78.5 Å². The largest absolute Gasteiger partial charge is 0.381 e. The summed E-state index contributed by atoms with van der Waals surface area (Å²) in [6.07, 6.45) is 2.70. The second-order valence-corrected chi connectivity index (χ2v) is 8.34. The Morgan fingerprint density at radius 1 is 1.06 bits per heavy atom. The van der Waals surface area contributed by atoms with Gasteiger partial charge in [-0.1, -0.05) is 24.3 Å². The highest BCUT2D eigenvalue weighted by atomic mass is 16.2. The van der Waals surface area contributed by atoms with Crippen molar-refractivity contribution in [1.29, 1.82) is 0 Å². The molecule has 0 saturated carbocycles. The lowest BCUT2D eigenvalue weighted by Crippen LogP contribution is -2.32. The minimum Gasteiger partial charge on any atom is -0.381 e. The molecule has 0 bridgehead atoms. The molecule has 1 aliphatic rings. The number of benzene rings is 3. The van der Waals surface area contributed by atoms with Crippen molar-refractivity contribution < 1.29 is 9.59 Å². The molecular formula is C26H25N5O2. The summed E-state index contributed by atoms with van der Waals surface area (Å²) < 4.78 is 0. The number of para-hydroxylation sites is 2. The van der Waals surface area contributed by atoms with Crippen LogP contribution in [-0.4, -0.2) is 29.5 Å². The number of anilines is 3. The third-order valence-electron chi connectivity index (χ3n) is 6.02. The van der Waals surface area contributed by atoms with Gasteiger partial charge in [0.05, 0.1) is 17.1 Å². The molecule has 0 radical (unpaired) electrons. The number of H-pyrrole nitrogens is 1. The molecule has 5 N–H and O–H groups in total. The van der Waals surface area contributed by atoms with Gasteiger partial charge in [0.15, 0.2) is 0 Å². The molecule has 0 saturated heterocycles. The Kier molecular flexibility index (Phi) is 5.22. The molecule has 0 fully saturated rings. The van der Waals surface area contributed by atoms with Gasteiger partial charge in [0.2, 0.25) is 0 Å². The van der Waals surface area contributed by atoms with Crippen LogP contribution in [0.3, 0.4) is 0 Å². The Bertz CT molecular complexity index is 1360. The van der Waals surface area contributed by atoms with Gasteiger partial charge in [-0.3, -0.25) is 4.79 Å². The van der Waals surface area contributed by atoms with Gasteiger partial charge in [-0.15, -0.1) is 0 Å². The van der Waals surface area contributed by atoms with Gasteiger partial charge in [0.1, 0.15) is 0 Å². The summed E-state index contributed by atoms with van der Waals surface area (Å²) in [7, 11) is 0. The highest BCUT2D eigenvalue weighted by Crippen LogP contribution is 2.34. The van der Waals surface area contributed by atoms with Gasteiger partial charge < -0.3 is 26.3 Å². The van der Waals surface area contributed by atoms with Gasteiger partial charge in [-0.2, -0.15) is 0 Å². The van der Waals surface area contributed by atoms with Crippen LogP contribution in [0.4, 0.5) is 21.9 Å². The first-order chi connectivity index (χ1) is 16.0. The SMILES string of the molecule is CC1CCN(C(=O)c2ccc(-c3ccc4[nH]ccc4c3)c(NC(N)=O)c2)c2ccccc2N1. The maximum atomic E-state index is 13.6. The number of rotatable bonds is 3. The van der Waals surface area contributed by atoms with Crippen LogP contribution in [0.2, 0.25) is 0 Å². The lowest BCUT2D eigenvalue weighted by Gasteiger charge is -2.23. The van der Waals surface area contributed by atoms with Crippen molar-refractivity contribution in [3.63, 3.8) is 0 Å². The number of nitrogens with one attached hydrogen (secondary N) is 3. The van der Waals surface area contributed by atoms with Gasteiger partial charge >= 0.3 is 6.03 Å². The van der Waals surface area contributed by atoms with Crippen LogP contribution < -0.4 is 21.3 Å². The number of hydrogen-bond acceptors (Lipinski definition) is 3. The summed E-state index contributed by atoms with van der Waals surface area (Å²) in [4.78, 5) is 30.3. The Morgan fingerprint density at radius 3 is 2.76 bits per heavy atom. The number of hydrogen-bond donors (Lipinski definition) is 4. The maximum Gasteiger partial charge on any atom is 0.316 e. The summed E-state index contributed by atoms with van der Waals surface area (Å²) in [5.41, 5.74) is 10.9. The fourth-order valence-corrected chi connectivity index (χ4v) is 4.36. The van der Waals surface area contributed by atoms with Gasteiger partial charge in [0.25, 0.3) is 5.91 Å². The van der Waals surface area contributed by atoms with Crippen molar-refractivity contribution in [2.45, 2.75) is 19.4 Å². The summed E-state index contributed by atoms with van der Waals surface area (Å²) in [5, 5.41) is 7.22. The Hall–Kier alpha value is -4.26. The van der Waals surface area contributed by atoms with Crippen LogP contribution in [-0.2, 0) is 0 Å². The first kappa shape index (κ1) is 20.6. The molecule has 0 spiro atoms. The third kappa shape index (κ3) is 4.01. The van der Waals surface area contributed by atoms with E-state index in [1.807, 2.05) is 60.8 Å². The minimum absolute atomic E-state index is 0.126.